The van der Waals surface area contributed by atoms with Gasteiger partial charge in [-0.05, 0) is 128 Å². The first-order chi connectivity index (χ1) is 39.5. The second-order valence-electron chi connectivity index (χ2n) is 22.3. The van der Waals surface area contributed by atoms with Gasteiger partial charge in [0, 0.05) is 19.3 Å². The van der Waals surface area contributed by atoms with Crippen molar-refractivity contribution in [3.05, 3.63) is 109 Å². The van der Waals surface area contributed by atoms with Crippen LogP contribution in [0, 0.1) is 0 Å². The van der Waals surface area contributed by atoms with Gasteiger partial charge in [-0.2, -0.15) is 0 Å². The van der Waals surface area contributed by atoms with E-state index in [0.717, 1.165) is 135 Å². The molecule has 80 heavy (non-hydrogen) atoms. The molecular formula is C74H126O6. The third-order valence-corrected chi connectivity index (χ3v) is 14.5. The van der Waals surface area contributed by atoms with Crippen LogP contribution >= 0.6 is 0 Å². The van der Waals surface area contributed by atoms with Gasteiger partial charge in [-0.15, -0.1) is 0 Å². The lowest BCUT2D eigenvalue weighted by molar-refractivity contribution is -0.167. The zero-order valence-corrected chi connectivity index (χ0v) is 52.6. The van der Waals surface area contributed by atoms with Gasteiger partial charge in [0.25, 0.3) is 0 Å². The molecule has 0 rings (SSSR count). The second kappa shape index (κ2) is 67.6. The number of ether oxygens (including phenoxy) is 3. The van der Waals surface area contributed by atoms with Gasteiger partial charge in [-0.1, -0.05) is 284 Å². The Morgan fingerprint density at radius 1 is 0.263 bits per heavy atom. The minimum Gasteiger partial charge on any atom is -0.462 e. The van der Waals surface area contributed by atoms with E-state index in [4.69, 9.17) is 14.2 Å². The predicted octanol–water partition coefficient (Wildman–Crippen LogP) is 23.4. The standard InChI is InChI=1S/C74H126O6/c1-4-7-10-13-16-19-22-25-28-31-33-35-36-37-38-40-41-43-46-49-52-55-58-61-64-67-73(76)79-70-71(69-78-72(75)66-63-60-57-54-51-48-45-30-27-24-21-18-15-12-9-6-3)80-74(77)68-65-62-59-56-53-50-47-44-42-39-34-32-29-26-23-20-17-14-11-8-5-2/h7,10,16,19,21,24-25,28,30,32-35,37-38,41,43,45,71H,4-6,8-9,11-15,17-18,20,22-23,26-27,29,31,36,39-40,42,44,46-70H2,1-3H3/b10-7-,19-16-,24-21-,28-25-,34-32-,35-33-,38-37-,43-41-,45-30-. The van der Waals surface area contributed by atoms with E-state index < -0.39 is 6.10 Å². The number of carbonyl (C=O) groups excluding carboxylic acids is 3. The molecule has 0 bridgehead atoms. The molecule has 0 aromatic rings. The van der Waals surface area contributed by atoms with Crippen molar-refractivity contribution in [3.8, 4) is 0 Å². The number of hydrogen-bond acceptors (Lipinski definition) is 6. The highest BCUT2D eigenvalue weighted by Gasteiger charge is 2.19. The predicted molar refractivity (Wildman–Crippen MR) is 348 cm³/mol. The van der Waals surface area contributed by atoms with Crippen LogP contribution in [0.2, 0.25) is 0 Å². The van der Waals surface area contributed by atoms with Crippen molar-refractivity contribution < 1.29 is 28.6 Å². The number of unbranched alkanes of at least 4 members (excludes halogenated alkanes) is 32. The van der Waals surface area contributed by atoms with Crippen molar-refractivity contribution in [1.29, 1.82) is 0 Å². The highest BCUT2D eigenvalue weighted by atomic mass is 16.6. The maximum Gasteiger partial charge on any atom is 0.306 e. The highest BCUT2D eigenvalue weighted by Crippen LogP contribution is 2.16. The molecule has 458 valence electrons. The number of allylic oxidation sites excluding steroid dienone is 18. The Balaban J connectivity index is 4.42. The minimum absolute atomic E-state index is 0.0909. The first-order valence-electron chi connectivity index (χ1n) is 33.9. The Morgan fingerprint density at radius 2 is 0.487 bits per heavy atom. The molecule has 1 unspecified atom stereocenters. The lowest BCUT2D eigenvalue weighted by Crippen LogP contribution is -2.30. The Labute approximate surface area is 495 Å². The van der Waals surface area contributed by atoms with Crippen LogP contribution in [0.5, 0.6) is 0 Å². The van der Waals surface area contributed by atoms with Crippen molar-refractivity contribution in [2.24, 2.45) is 0 Å². The van der Waals surface area contributed by atoms with E-state index in [1.165, 1.54) is 148 Å². The fourth-order valence-corrected chi connectivity index (χ4v) is 9.41. The fraction of sp³-hybridized carbons (Fsp3) is 0.716. The maximum atomic E-state index is 12.9. The second-order valence-corrected chi connectivity index (χ2v) is 22.3. The summed E-state index contributed by atoms with van der Waals surface area (Å²) in [4.78, 5) is 38.4. The molecule has 1 atom stereocenters. The number of hydrogen-bond donors (Lipinski definition) is 0. The van der Waals surface area contributed by atoms with Gasteiger partial charge in [0.2, 0.25) is 0 Å². The Morgan fingerprint density at radius 3 is 0.787 bits per heavy atom. The van der Waals surface area contributed by atoms with E-state index in [2.05, 4.69) is 130 Å². The summed E-state index contributed by atoms with van der Waals surface area (Å²) >= 11 is 0. The molecule has 0 saturated carbocycles. The third-order valence-electron chi connectivity index (χ3n) is 14.5. The molecule has 0 aliphatic rings. The molecule has 0 N–H and O–H groups in total. The number of rotatable bonds is 61. The topological polar surface area (TPSA) is 78.9 Å². The normalized spacial score (nSPS) is 12.8. The highest BCUT2D eigenvalue weighted by molar-refractivity contribution is 5.71. The van der Waals surface area contributed by atoms with E-state index >= 15 is 0 Å². The quantitative estimate of drug-likeness (QED) is 0.0261. The van der Waals surface area contributed by atoms with Gasteiger partial charge in [-0.25, -0.2) is 0 Å². The minimum atomic E-state index is -0.795. The number of esters is 3. The summed E-state index contributed by atoms with van der Waals surface area (Å²) in [6, 6.07) is 0. The molecule has 0 aromatic heterocycles. The summed E-state index contributed by atoms with van der Waals surface area (Å²) in [7, 11) is 0. The molecule has 0 spiro atoms. The molecule has 0 aliphatic heterocycles. The van der Waals surface area contributed by atoms with Crippen LogP contribution < -0.4 is 0 Å². The van der Waals surface area contributed by atoms with Crippen LogP contribution in [0.25, 0.3) is 0 Å². The lowest BCUT2D eigenvalue weighted by atomic mass is 10.1. The van der Waals surface area contributed by atoms with Crippen LogP contribution in [0.4, 0.5) is 0 Å². The van der Waals surface area contributed by atoms with E-state index in [0.29, 0.717) is 19.3 Å². The monoisotopic (exact) mass is 1110 g/mol. The van der Waals surface area contributed by atoms with Crippen LogP contribution in [-0.4, -0.2) is 37.2 Å². The fourth-order valence-electron chi connectivity index (χ4n) is 9.41. The SMILES string of the molecule is CC/C=C\C/C=C\C/C=C\C/C=C\C/C=C\C/C=C\CCCCCCCCC(=O)OCC(COC(=O)CCCCCCC/C=C\C/C=C\CCCCCC)OC(=O)CCCCCCCCCCC/C=C\CCCCCCCCCC. The van der Waals surface area contributed by atoms with Crippen molar-refractivity contribution in [1.82, 2.24) is 0 Å². The van der Waals surface area contributed by atoms with Gasteiger partial charge in [0.15, 0.2) is 6.10 Å². The number of carbonyl (C=O) groups is 3. The molecular weight excluding hydrogens is 985 g/mol. The largest absolute Gasteiger partial charge is 0.462 e. The molecule has 0 aromatic carbocycles. The van der Waals surface area contributed by atoms with E-state index in [1.807, 2.05) is 0 Å². The summed E-state index contributed by atoms with van der Waals surface area (Å²) in [5, 5.41) is 0. The summed E-state index contributed by atoms with van der Waals surface area (Å²) < 4.78 is 17.0. The molecule has 6 nitrogen and oxygen atoms in total. The molecule has 0 heterocycles. The Hall–Kier alpha value is -3.93. The first-order valence-corrected chi connectivity index (χ1v) is 33.9. The van der Waals surface area contributed by atoms with Crippen LogP contribution in [0.3, 0.4) is 0 Å². The molecule has 6 heteroatoms. The van der Waals surface area contributed by atoms with Gasteiger partial charge >= 0.3 is 17.9 Å². The molecule has 0 radical (unpaired) electrons. The van der Waals surface area contributed by atoms with Crippen LogP contribution in [0.1, 0.15) is 323 Å². The third kappa shape index (κ3) is 64.9. The summed E-state index contributed by atoms with van der Waals surface area (Å²) in [6.07, 6.45) is 92.4. The van der Waals surface area contributed by atoms with Crippen molar-refractivity contribution in [3.63, 3.8) is 0 Å². The van der Waals surface area contributed by atoms with Crippen molar-refractivity contribution >= 4 is 17.9 Å². The molecule has 0 aliphatic carbocycles. The van der Waals surface area contributed by atoms with Gasteiger partial charge in [0.1, 0.15) is 13.2 Å². The summed E-state index contributed by atoms with van der Waals surface area (Å²) in [5.41, 5.74) is 0. The smallest absolute Gasteiger partial charge is 0.306 e. The molecule has 0 fully saturated rings. The van der Waals surface area contributed by atoms with Crippen molar-refractivity contribution in [2.45, 2.75) is 329 Å². The van der Waals surface area contributed by atoms with Gasteiger partial charge in [0.05, 0.1) is 0 Å². The van der Waals surface area contributed by atoms with Crippen LogP contribution in [0.15, 0.2) is 109 Å². The maximum absolute atomic E-state index is 12.9. The zero-order valence-electron chi connectivity index (χ0n) is 52.6. The van der Waals surface area contributed by atoms with E-state index in [-0.39, 0.29) is 31.1 Å². The van der Waals surface area contributed by atoms with Gasteiger partial charge < -0.3 is 14.2 Å². The van der Waals surface area contributed by atoms with Gasteiger partial charge in [-0.3, -0.25) is 14.4 Å². The average Bonchev–Trinajstić information content (AvgIpc) is 3.46. The average molecular weight is 1110 g/mol. The summed E-state index contributed by atoms with van der Waals surface area (Å²) in [6.45, 7) is 6.51. The lowest BCUT2D eigenvalue weighted by Gasteiger charge is -2.18. The summed E-state index contributed by atoms with van der Waals surface area (Å²) in [5.74, 6) is -0.909. The zero-order chi connectivity index (χ0) is 57.8. The van der Waals surface area contributed by atoms with E-state index in [1.54, 1.807) is 0 Å². The Kier molecular flexibility index (Phi) is 64.3. The Bertz CT molecular complexity index is 1610. The van der Waals surface area contributed by atoms with E-state index in [9.17, 15) is 14.4 Å². The molecule has 0 saturated heterocycles. The van der Waals surface area contributed by atoms with Crippen molar-refractivity contribution in [2.75, 3.05) is 13.2 Å². The first kappa shape index (κ1) is 76.1. The molecule has 0 amide bonds. The van der Waals surface area contributed by atoms with Crippen LogP contribution in [-0.2, 0) is 28.6 Å².